The smallest absolute Gasteiger partial charge is 0.223 e. The predicted molar refractivity (Wildman–Crippen MR) is 88.2 cm³/mol. The van der Waals surface area contributed by atoms with Crippen molar-refractivity contribution in [2.45, 2.75) is 19.4 Å². The number of hydrogen-bond donors (Lipinski definition) is 2. The minimum atomic E-state index is -0.310. The molecule has 6 heteroatoms. The number of nitrogens with one attached hydrogen (secondary N) is 2. The summed E-state index contributed by atoms with van der Waals surface area (Å²) >= 11 is 0. The van der Waals surface area contributed by atoms with Gasteiger partial charge in [-0.15, -0.1) is 0 Å². The summed E-state index contributed by atoms with van der Waals surface area (Å²) in [5.41, 5.74) is 0.906. The largest absolute Gasteiger partial charge is 0.439 e. The highest BCUT2D eigenvalue weighted by atomic mass is 19.1. The Kier molecular flexibility index (Phi) is 5.38. The van der Waals surface area contributed by atoms with E-state index in [2.05, 4.69) is 15.6 Å². The van der Waals surface area contributed by atoms with Crippen LogP contribution in [0.25, 0.3) is 0 Å². The Hall–Kier alpha value is -2.47. The zero-order valence-corrected chi connectivity index (χ0v) is 13.3. The zero-order chi connectivity index (χ0) is 16.8. The fourth-order valence-corrected chi connectivity index (χ4v) is 2.62. The Labute approximate surface area is 140 Å². The average Bonchev–Trinajstić information content (AvgIpc) is 2.63. The second-order valence-corrected chi connectivity index (χ2v) is 5.80. The third-order valence-electron chi connectivity index (χ3n) is 4.01. The van der Waals surface area contributed by atoms with E-state index < -0.39 is 0 Å². The molecule has 5 nitrogen and oxygen atoms in total. The van der Waals surface area contributed by atoms with Gasteiger partial charge in [-0.3, -0.25) is 4.79 Å². The Balaban J connectivity index is 1.50. The molecule has 0 atom stereocenters. The Bertz CT molecular complexity index is 668. The number of rotatable bonds is 5. The molecule has 2 heterocycles. The first-order valence-corrected chi connectivity index (χ1v) is 8.07. The summed E-state index contributed by atoms with van der Waals surface area (Å²) in [6.07, 6.45) is 3.44. The van der Waals surface area contributed by atoms with Gasteiger partial charge in [-0.05, 0) is 55.8 Å². The molecule has 2 N–H and O–H groups in total. The van der Waals surface area contributed by atoms with Crippen molar-refractivity contribution in [3.63, 3.8) is 0 Å². The van der Waals surface area contributed by atoms with E-state index in [1.165, 1.54) is 12.1 Å². The van der Waals surface area contributed by atoms with Crippen molar-refractivity contribution in [3.05, 3.63) is 54.0 Å². The molecule has 0 radical (unpaired) electrons. The number of nitrogens with zero attached hydrogens (tertiary/aromatic N) is 1. The molecule has 0 bridgehead atoms. The number of aromatic nitrogens is 1. The number of benzene rings is 1. The minimum absolute atomic E-state index is 0.0975. The lowest BCUT2D eigenvalue weighted by atomic mass is 9.97. The lowest BCUT2D eigenvalue weighted by Gasteiger charge is -2.21. The molecule has 0 spiro atoms. The van der Waals surface area contributed by atoms with Gasteiger partial charge in [0.1, 0.15) is 11.6 Å². The average molecular weight is 329 g/mol. The fraction of sp³-hybridized carbons (Fsp3) is 0.333. The van der Waals surface area contributed by atoms with Crippen LogP contribution in [0.4, 0.5) is 4.39 Å². The highest BCUT2D eigenvalue weighted by Gasteiger charge is 2.20. The molecule has 3 rings (SSSR count). The Morgan fingerprint density at radius 2 is 1.96 bits per heavy atom. The van der Waals surface area contributed by atoms with Crippen molar-refractivity contribution in [2.24, 2.45) is 5.92 Å². The van der Waals surface area contributed by atoms with Gasteiger partial charge in [0.15, 0.2) is 0 Å². The monoisotopic (exact) mass is 329 g/mol. The van der Waals surface area contributed by atoms with Gasteiger partial charge in [-0.1, -0.05) is 6.07 Å². The number of carbonyl (C=O) groups is 1. The van der Waals surface area contributed by atoms with Crippen LogP contribution in [0.3, 0.4) is 0 Å². The van der Waals surface area contributed by atoms with Gasteiger partial charge < -0.3 is 15.4 Å². The van der Waals surface area contributed by atoms with Crippen LogP contribution in [0.1, 0.15) is 18.4 Å². The quantitative estimate of drug-likeness (QED) is 0.885. The maximum Gasteiger partial charge on any atom is 0.223 e. The number of ether oxygens (including phenoxy) is 1. The van der Waals surface area contributed by atoms with Gasteiger partial charge in [-0.25, -0.2) is 9.37 Å². The molecule has 1 aromatic carbocycles. The Morgan fingerprint density at radius 1 is 1.21 bits per heavy atom. The molecule has 1 fully saturated rings. The van der Waals surface area contributed by atoms with Crippen LogP contribution in [0.15, 0.2) is 42.6 Å². The predicted octanol–water partition coefficient (Wildman–Crippen LogP) is 2.63. The summed E-state index contributed by atoms with van der Waals surface area (Å²) in [5.74, 6) is 0.837. The minimum Gasteiger partial charge on any atom is -0.439 e. The maximum atomic E-state index is 12.9. The SMILES string of the molecule is O=C(NCc1ccc(Oc2ccc(F)cc2)nc1)C1CCNCC1. The van der Waals surface area contributed by atoms with Crippen LogP contribution < -0.4 is 15.4 Å². The number of hydrogen-bond acceptors (Lipinski definition) is 4. The van der Waals surface area contributed by atoms with E-state index in [9.17, 15) is 9.18 Å². The van der Waals surface area contributed by atoms with Gasteiger partial charge in [-0.2, -0.15) is 0 Å². The van der Waals surface area contributed by atoms with Crippen molar-refractivity contribution in [2.75, 3.05) is 13.1 Å². The van der Waals surface area contributed by atoms with E-state index in [0.717, 1.165) is 31.5 Å². The number of carbonyl (C=O) groups excluding carboxylic acids is 1. The topological polar surface area (TPSA) is 63.2 Å². The molecule has 1 aromatic heterocycles. The molecule has 0 aliphatic carbocycles. The third kappa shape index (κ3) is 4.52. The first-order chi connectivity index (χ1) is 11.7. The van der Waals surface area contributed by atoms with Crippen LogP contribution >= 0.6 is 0 Å². The number of amides is 1. The van der Waals surface area contributed by atoms with Gasteiger partial charge in [0.25, 0.3) is 0 Å². The van der Waals surface area contributed by atoms with Gasteiger partial charge >= 0.3 is 0 Å². The van der Waals surface area contributed by atoms with Crippen molar-refractivity contribution in [3.8, 4) is 11.6 Å². The van der Waals surface area contributed by atoms with Crippen LogP contribution in [0.5, 0.6) is 11.6 Å². The number of halogens is 1. The van der Waals surface area contributed by atoms with Crippen LogP contribution in [0.2, 0.25) is 0 Å². The van der Waals surface area contributed by atoms with Crippen molar-refractivity contribution < 1.29 is 13.9 Å². The number of piperidine rings is 1. The van der Waals surface area contributed by atoms with E-state index >= 15 is 0 Å². The molecular weight excluding hydrogens is 309 g/mol. The highest BCUT2D eigenvalue weighted by molar-refractivity contribution is 5.78. The third-order valence-corrected chi connectivity index (χ3v) is 4.01. The molecule has 0 unspecified atom stereocenters. The first kappa shape index (κ1) is 16.4. The lowest BCUT2D eigenvalue weighted by Crippen LogP contribution is -2.37. The summed E-state index contributed by atoms with van der Waals surface area (Å²) in [7, 11) is 0. The van der Waals surface area contributed by atoms with Crippen molar-refractivity contribution in [1.29, 1.82) is 0 Å². The number of pyridine rings is 1. The molecule has 24 heavy (non-hydrogen) atoms. The normalized spacial score (nSPS) is 15.0. The molecule has 1 amide bonds. The second kappa shape index (κ2) is 7.88. The van der Waals surface area contributed by atoms with E-state index in [0.29, 0.717) is 18.2 Å². The second-order valence-electron chi connectivity index (χ2n) is 5.80. The van der Waals surface area contributed by atoms with Gasteiger partial charge in [0.2, 0.25) is 11.8 Å². The molecule has 126 valence electrons. The van der Waals surface area contributed by atoms with E-state index in [-0.39, 0.29) is 17.6 Å². The van der Waals surface area contributed by atoms with Crippen molar-refractivity contribution in [1.82, 2.24) is 15.6 Å². The standard InChI is InChI=1S/C18H20FN3O2/c19-15-2-4-16(5-3-15)24-17-6-1-13(11-21-17)12-22-18(23)14-7-9-20-10-8-14/h1-6,11,14,20H,7-10,12H2,(H,22,23). The van der Waals surface area contributed by atoms with E-state index in [1.54, 1.807) is 24.4 Å². The molecule has 1 aliphatic heterocycles. The van der Waals surface area contributed by atoms with Gasteiger partial charge in [0, 0.05) is 24.7 Å². The molecular formula is C18H20FN3O2. The summed E-state index contributed by atoms with van der Waals surface area (Å²) in [4.78, 5) is 16.3. The molecule has 0 saturated carbocycles. The van der Waals surface area contributed by atoms with Crippen LogP contribution in [-0.2, 0) is 11.3 Å². The summed E-state index contributed by atoms with van der Waals surface area (Å²) in [6, 6.07) is 9.35. The first-order valence-electron chi connectivity index (χ1n) is 8.07. The van der Waals surface area contributed by atoms with E-state index in [1.807, 2.05) is 6.07 Å². The fourth-order valence-electron chi connectivity index (χ4n) is 2.62. The van der Waals surface area contributed by atoms with Gasteiger partial charge in [0.05, 0.1) is 0 Å². The van der Waals surface area contributed by atoms with Crippen LogP contribution in [-0.4, -0.2) is 24.0 Å². The highest BCUT2D eigenvalue weighted by Crippen LogP contribution is 2.19. The molecule has 1 saturated heterocycles. The molecule has 2 aromatic rings. The van der Waals surface area contributed by atoms with E-state index in [4.69, 9.17) is 4.74 Å². The summed E-state index contributed by atoms with van der Waals surface area (Å²) in [5, 5.41) is 6.20. The Morgan fingerprint density at radius 3 is 2.62 bits per heavy atom. The zero-order valence-electron chi connectivity index (χ0n) is 13.3. The maximum absolute atomic E-state index is 12.9. The summed E-state index contributed by atoms with van der Waals surface area (Å²) in [6.45, 7) is 2.25. The summed E-state index contributed by atoms with van der Waals surface area (Å²) < 4.78 is 18.4. The van der Waals surface area contributed by atoms with Crippen LogP contribution in [0, 0.1) is 11.7 Å². The van der Waals surface area contributed by atoms with Crippen molar-refractivity contribution >= 4 is 5.91 Å². The molecule has 1 aliphatic rings. The lowest BCUT2D eigenvalue weighted by molar-refractivity contribution is -0.125.